The fraction of sp³-hybridized carbons (Fsp3) is 0.421. The minimum atomic E-state index is -1.09. The molecule has 1 aromatic heterocycles. The van der Waals surface area contributed by atoms with Crippen LogP contribution in [0.15, 0.2) is 42.9 Å². The van der Waals surface area contributed by atoms with E-state index >= 15 is 0 Å². The molecule has 0 saturated carbocycles. The SMILES string of the molecule is CC(C)CC(NC(Cc1cn(Cc2ccccc2)cn1)C(=O)O)C(=O)O. The van der Waals surface area contributed by atoms with Crippen molar-refractivity contribution in [1.29, 1.82) is 0 Å². The number of carboxylic acids is 2. The molecule has 7 heteroatoms. The van der Waals surface area contributed by atoms with Crippen LogP contribution < -0.4 is 5.32 Å². The van der Waals surface area contributed by atoms with Crippen LogP contribution in [0.2, 0.25) is 0 Å². The Morgan fingerprint density at radius 1 is 1.12 bits per heavy atom. The van der Waals surface area contributed by atoms with Crippen molar-refractivity contribution in [1.82, 2.24) is 14.9 Å². The van der Waals surface area contributed by atoms with E-state index in [-0.39, 0.29) is 12.3 Å². The number of nitrogens with one attached hydrogen (secondary N) is 1. The zero-order valence-corrected chi connectivity index (χ0v) is 15.0. The zero-order valence-electron chi connectivity index (χ0n) is 15.0. The molecular weight excluding hydrogens is 334 g/mol. The summed E-state index contributed by atoms with van der Waals surface area (Å²) in [4.78, 5) is 27.2. The van der Waals surface area contributed by atoms with Crippen LogP contribution in [-0.2, 0) is 22.6 Å². The normalized spacial score (nSPS) is 13.5. The Kier molecular flexibility index (Phi) is 6.91. The van der Waals surface area contributed by atoms with Crippen LogP contribution in [-0.4, -0.2) is 43.8 Å². The second-order valence-corrected chi connectivity index (χ2v) is 6.80. The molecule has 0 fully saturated rings. The van der Waals surface area contributed by atoms with Crippen molar-refractivity contribution in [2.24, 2.45) is 5.92 Å². The van der Waals surface area contributed by atoms with Crippen molar-refractivity contribution in [2.75, 3.05) is 0 Å². The van der Waals surface area contributed by atoms with Crippen molar-refractivity contribution in [3.63, 3.8) is 0 Å². The highest BCUT2D eigenvalue weighted by atomic mass is 16.4. The van der Waals surface area contributed by atoms with E-state index in [1.807, 2.05) is 48.7 Å². The third-order valence-electron chi connectivity index (χ3n) is 4.01. The van der Waals surface area contributed by atoms with Gasteiger partial charge in [0.1, 0.15) is 12.1 Å². The summed E-state index contributed by atoms with van der Waals surface area (Å²) in [5, 5.41) is 21.5. The molecule has 0 saturated heterocycles. The van der Waals surface area contributed by atoms with Gasteiger partial charge >= 0.3 is 11.9 Å². The molecule has 0 spiro atoms. The van der Waals surface area contributed by atoms with Crippen LogP contribution in [0.5, 0.6) is 0 Å². The van der Waals surface area contributed by atoms with Gasteiger partial charge in [-0.15, -0.1) is 0 Å². The highest BCUT2D eigenvalue weighted by molar-refractivity contribution is 5.77. The van der Waals surface area contributed by atoms with E-state index in [1.54, 1.807) is 12.5 Å². The van der Waals surface area contributed by atoms with Gasteiger partial charge in [-0.05, 0) is 17.9 Å². The molecule has 7 nitrogen and oxygen atoms in total. The first kappa shape index (κ1) is 19.7. The lowest BCUT2D eigenvalue weighted by molar-refractivity contribution is -0.142. The Hall–Kier alpha value is -2.67. The summed E-state index contributed by atoms with van der Waals surface area (Å²) in [6.45, 7) is 4.45. The predicted octanol–water partition coefficient (Wildman–Crippen LogP) is 2.02. The largest absolute Gasteiger partial charge is 0.480 e. The first-order chi connectivity index (χ1) is 12.3. The minimum absolute atomic E-state index is 0.124. The van der Waals surface area contributed by atoms with E-state index in [4.69, 9.17) is 0 Å². The number of aromatic nitrogens is 2. The quantitative estimate of drug-likeness (QED) is 0.599. The molecule has 0 radical (unpaired) electrons. The summed E-state index contributed by atoms with van der Waals surface area (Å²) in [5.74, 6) is -1.99. The van der Waals surface area contributed by atoms with Gasteiger partial charge in [-0.2, -0.15) is 0 Å². The maximum Gasteiger partial charge on any atom is 0.321 e. The monoisotopic (exact) mass is 359 g/mol. The Balaban J connectivity index is 2.03. The Morgan fingerprint density at radius 2 is 1.77 bits per heavy atom. The maximum atomic E-state index is 11.6. The third kappa shape index (κ3) is 6.00. The van der Waals surface area contributed by atoms with Crippen LogP contribution >= 0.6 is 0 Å². The summed E-state index contributed by atoms with van der Waals surface area (Å²) in [6, 6.07) is 7.96. The average molecular weight is 359 g/mol. The van der Waals surface area contributed by atoms with Crippen LogP contribution in [0.3, 0.4) is 0 Å². The number of nitrogens with zero attached hydrogens (tertiary/aromatic N) is 2. The summed E-state index contributed by atoms with van der Waals surface area (Å²) < 4.78 is 1.88. The summed E-state index contributed by atoms with van der Waals surface area (Å²) in [6.07, 6.45) is 3.94. The molecule has 0 aliphatic rings. The standard InChI is InChI=1S/C19H25N3O4/c1-13(2)8-16(18(23)24)21-17(19(25)26)9-15-11-22(12-20-15)10-14-6-4-3-5-7-14/h3-7,11-13,16-17,21H,8-10H2,1-2H3,(H,23,24)(H,25,26). The van der Waals surface area contributed by atoms with E-state index in [0.29, 0.717) is 18.7 Å². The van der Waals surface area contributed by atoms with Gasteiger partial charge < -0.3 is 14.8 Å². The van der Waals surface area contributed by atoms with Gasteiger partial charge in [0.15, 0.2) is 0 Å². The van der Waals surface area contributed by atoms with E-state index in [2.05, 4.69) is 10.3 Å². The van der Waals surface area contributed by atoms with Gasteiger partial charge in [0.05, 0.1) is 12.0 Å². The first-order valence-electron chi connectivity index (χ1n) is 8.61. The van der Waals surface area contributed by atoms with Crippen molar-refractivity contribution in [3.8, 4) is 0 Å². The highest BCUT2D eigenvalue weighted by Crippen LogP contribution is 2.10. The molecule has 0 amide bonds. The first-order valence-corrected chi connectivity index (χ1v) is 8.61. The second kappa shape index (κ2) is 9.15. The van der Waals surface area contributed by atoms with E-state index < -0.39 is 24.0 Å². The van der Waals surface area contributed by atoms with E-state index in [1.165, 1.54) is 0 Å². The zero-order chi connectivity index (χ0) is 19.1. The Labute approximate surface area is 152 Å². The molecule has 1 aromatic carbocycles. The van der Waals surface area contributed by atoms with Crippen LogP contribution in [0, 0.1) is 5.92 Å². The summed E-state index contributed by atoms with van der Waals surface area (Å²) in [7, 11) is 0. The molecular formula is C19H25N3O4. The van der Waals surface area contributed by atoms with E-state index in [9.17, 15) is 19.8 Å². The lowest BCUT2D eigenvalue weighted by Gasteiger charge is -2.21. The van der Waals surface area contributed by atoms with E-state index in [0.717, 1.165) is 5.56 Å². The number of hydrogen-bond donors (Lipinski definition) is 3. The van der Waals surface area contributed by atoms with Crippen molar-refractivity contribution >= 4 is 11.9 Å². The van der Waals surface area contributed by atoms with Crippen molar-refractivity contribution in [3.05, 3.63) is 54.1 Å². The Morgan fingerprint density at radius 3 is 2.35 bits per heavy atom. The van der Waals surface area contributed by atoms with Crippen LogP contribution in [0.4, 0.5) is 0 Å². The summed E-state index contributed by atoms with van der Waals surface area (Å²) in [5.41, 5.74) is 1.72. The molecule has 1 heterocycles. The van der Waals surface area contributed by atoms with Gasteiger partial charge in [0, 0.05) is 19.2 Å². The lowest BCUT2D eigenvalue weighted by atomic mass is 10.0. The smallest absolute Gasteiger partial charge is 0.321 e. The van der Waals surface area contributed by atoms with Gasteiger partial charge in [-0.3, -0.25) is 14.9 Å². The predicted molar refractivity (Wildman–Crippen MR) is 96.9 cm³/mol. The lowest BCUT2D eigenvalue weighted by Crippen LogP contribution is -2.48. The molecule has 0 aliphatic heterocycles. The Bertz CT molecular complexity index is 727. The fourth-order valence-corrected chi connectivity index (χ4v) is 2.77. The molecule has 2 unspecified atom stereocenters. The molecule has 2 rings (SSSR count). The number of carbonyl (C=O) groups is 2. The molecule has 2 atom stereocenters. The maximum absolute atomic E-state index is 11.6. The number of aliphatic carboxylic acids is 2. The van der Waals surface area contributed by atoms with Gasteiger partial charge in [-0.25, -0.2) is 4.98 Å². The number of hydrogen-bond acceptors (Lipinski definition) is 4. The van der Waals surface area contributed by atoms with Crippen molar-refractivity contribution < 1.29 is 19.8 Å². The highest BCUT2D eigenvalue weighted by Gasteiger charge is 2.27. The molecule has 3 N–H and O–H groups in total. The van der Waals surface area contributed by atoms with Crippen LogP contribution in [0.25, 0.3) is 0 Å². The fourth-order valence-electron chi connectivity index (χ4n) is 2.77. The number of rotatable bonds is 10. The van der Waals surface area contributed by atoms with Gasteiger partial charge in [0.2, 0.25) is 0 Å². The van der Waals surface area contributed by atoms with Gasteiger partial charge in [0.25, 0.3) is 0 Å². The number of carboxylic acid groups (broad SMARTS) is 2. The molecule has 0 bridgehead atoms. The average Bonchev–Trinajstić information content (AvgIpc) is 3.00. The van der Waals surface area contributed by atoms with Gasteiger partial charge in [-0.1, -0.05) is 44.2 Å². The van der Waals surface area contributed by atoms with Crippen molar-refractivity contribution in [2.45, 2.75) is 45.3 Å². The molecule has 0 aliphatic carbocycles. The third-order valence-corrected chi connectivity index (χ3v) is 4.01. The number of imidazole rings is 1. The molecule has 26 heavy (non-hydrogen) atoms. The number of benzene rings is 1. The topological polar surface area (TPSA) is 104 Å². The molecule has 2 aromatic rings. The van der Waals surface area contributed by atoms with Crippen LogP contribution in [0.1, 0.15) is 31.5 Å². The summed E-state index contributed by atoms with van der Waals surface area (Å²) >= 11 is 0. The second-order valence-electron chi connectivity index (χ2n) is 6.80. The molecule has 140 valence electrons. The minimum Gasteiger partial charge on any atom is -0.480 e.